The van der Waals surface area contributed by atoms with E-state index in [9.17, 15) is 31.1 Å². The molecule has 0 bridgehead atoms. The van der Waals surface area contributed by atoms with Gasteiger partial charge in [0.1, 0.15) is 17.1 Å². The number of benzene rings is 2. The first-order valence-electron chi connectivity index (χ1n) is 13.7. The molecule has 6 nitrogen and oxygen atoms in total. The molecule has 0 atom stereocenters. The summed E-state index contributed by atoms with van der Waals surface area (Å²) in [5.74, 6) is -0.307. The first-order chi connectivity index (χ1) is 20.1. The van der Waals surface area contributed by atoms with E-state index in [2.05, 4.69) is 39.8 Å². The summed E-state index contributed by atoms with van der Waals surface area (Å²) in [5, 5.41) is 0.731. The lowest BCUT2D eigenvalue weighted by Gasteiger charge is -2.26. The Bertz CT molecular complexity index is 1400. The van der Waals surface area contributed by atoms with E-state index in [1.165, 1.54) is 24.6 Å². The molecule has 0 saturated carbocycles. The molecule has 0 N–H and O–H groups in total. The predicted octanol–water partition coefficient (Wildman–Crippen LogP) is 9.19. The monoisotopic (exact) mass is 616 g/mol. The van der Waals surface area contributed by atoms with Crippen molar-refractivity contribution < 1.29 is 54.5 Å². The van der Waals surface area contributed by atoms with Crippen molar-refractivity contribution in [1.29, 1.82) is 0 Å². The minimum absolute atomic E-state index is 0.109. The molecule has 236 valence electrons. The van der Waals surface area contributed by atoms with Gasteiger partial charge in [0.15, 0.2) is 0 Å². The predicted molar refractivity (Wildman–Crippen MR) is 147 cm³/mol. The van der Waals surface area contributed by atoms with Crippen molar-refractivity contribution in [2.24, 2.45) is 0 Å². The lowest BCUT2D eigenvalue weighted by molar-refractivity contribution is -0.514. The van der Waals surface area contributed by atoms with Crippen molar-refractivity contribution in [3.8, 4) is 17.1 Å². The Morgan fingerprint density at radius 2 is 1.58 bits per heavy atom. The van der Waals surface area contributed by atoms with Gasteiger partial charge in [0, 0.05) is 22.6 Å². The van der Waals surface area contributed by atoms with Gasteiger partial charge in [-0.15, -0.1) is 8.78 Å². The van der Waals surface area contributed by atoms with Gasteiger partial charge < -0.3 is 13.9 Å². The zero-order chi connectivity index (χ0) is 31.8. The number of ether oxygens (including phenoxy) is 4. The minimum atomic E-state index is -5.36. The van der Waals surface area contributed by atoms with Crippen molar-refractivity contribution in [2.75, 3.05) is 13.2 Å². The summed E-state index contributed by atoms with van der Waals surface area (Å²) in [6.07, 6.45) is -13.1. The third-order valence-electron chi connectivity index (χ3n) is 6.29. The highest BCUT2D eigenvalue weighted by Crippen LogP contribution is 2.37. The second-order valence-electron chi connectivity index (χ2n) is 10.1. The Morgan fingerprint density at radius 3 is 2.21 bits per heavy atom. The van der Waals surface area contributed by atoms with Gasteiger partial charge >= 0.3 is 24.5 Å². The van der Waals surface area contributed by atoms with Gasteiger partial charge in [-0.25, -0.2) is 14.3 Å². The van der Waals surface area contributed by atoms with E-state index in [0.29, 0.717) is 11.3 Å². The summed E-state index contributed by atoms with van der Waals surface area (Å²) < 4.78 is 105. The number of furan rings is 1. The first-order valence-corrected chi connectivity index (χ1v) is 13.7. The summed E-state index contributed by atoms with van der Waals surface area (Å²) in [6, 6.07) is 12.6. The topological polar surface area (TPSA) is 67.1 Å². The Balaban J connectivity index is 1.54. The maximum Gasteiger partial charge on any atom is 0.494 e. The van der Waals surface area contributed by atoms with Crippen LogP contribution in [0.2, 0.25) is 0 Å². The lowest BCUT2D eigenvalue weighted by atomic mass is 10.00. The summed E-state index contributed by atoms with van der Waals surface area (Å²) in [7, 11) is 0. The van der Waals surface area contributed by atoms with Crippen molar-refractivity contribution in [2.45, 2.75) is 77.8 Å². The minimum Gasteiger partial charge on any atom is -0.493 e. The maximum atomic E-state index is 14.0. The molecule has 1 heterocycles. The van der Waals surface area contributed by atoms with Crippen molar-refractivity contribution in [3.63, 3.8) is 0 Å². The van der Waals surface area contributed by atoms with Crippen LogP contribution >= 0.6 is 0 Å². The Hall–Kier alpha value is -3.51. The smallest absolute Gasteiger partial charge is 0.493 e. The van der Waals surface area contributed by atoms with Crippen molar-refractivity contribution >= 4 is 16.9 Å². The molecule has 0 aliphatic rings. The molecule has 43 heavy (non-hydrogen) atoms. The number of carbonyl (C=O) groups is 1. The first kappa shape index (κ1) is 34.0. The number of halogens is 6. The third kappa shape index (κ3) is 10.6. The number of fused-ring (bicyclic) bond motifs is 1. The van der Waals surface area contributed by atoms with E-state index in [1.54, 1.807) is 6.07 Å². The van der Waals surface area contributed by atoms with E-state index in [-0.39, 0.29) is 11.3 Å². The molecular formula is C31H34F6O6. The van der Waals surface area contributed by atoms with E-state index in [1.807, 2.05) is 19.1 Å². The molecule has 0 radical (unpaired) electrons. The van der Waals surface area contributed by atoms with E-state index in [0.717, 1.165) is 42.2 Å². The van der Waals surface area contributed by atoms with Gasteiger partial charge in [-0.1, -0.05) is 44.5 Å². The Kier molecular flexibility index (Phi) is 11.3. The molecule has 3 rings (SSSR count). The van der Waals surface area contributed by atoms with Gasteiger partial charge in [0.2, 0.25) is 0 Å². The molecule has 0 spiro atoms. The fourth-order valence-corrected chi connectivity index (χ4v) is 4.11. The van der Waals surface area contributed by atoms with Crippen molar-refractivity contribution in [3.05, 3.63) is 65.7 Å². The Labute approximate surface area is 245 Å². The number of carbonyl (C=O) groups excluding carboxylic acids is 1. The SMILES string of the molecule is C=C(C)C(=O)OCCC(F)(F)OC(F)(F)OC(F)(F)CCOc1ccc2cc(-c3ccc(CCCCC)cc3C)oc2c1. The van der Waals surface area contributed by atoms with Crippen LogP contribution in [0.15, 0.2) is 59.0 Å². The number of unbranched alkanes of at least 4 members (excludes halogenated alkanes) is 2. The molecule has 0 saturated heterocycles. The van der Waals surface area contributed by atoms with Gasteiger partial charge in [-0.3, -0.25) is 0 Å². The summed E-state index contributed by atoms with van der Waals surface area (Å²) in [4.78, 5) is 11.2. The second-order valence-corrected chi connectivity index (χ2v) is 10.1. The van der Waals surface area contributed by atoms with E-state index < -0.39 is 50.5 Å². The maximum absolute atomic E-state index is 14.0. The normalized spacial score (nSPS) is 12.5. The average Bonchev–Trinajstić information content (AvgIpc) is 3.30. The summed E-state index contributed by atoms with van der Waals surface area (Å²) in [6.45, 7) is 6.78. The summed E-state index contributed by atoms with van der Waals surface area (Å²) in [5.41, 5.74) is 3.48. The van der Waals surface area contributed by atoms with Crippen LogP contribution in [0.5, 0.6) is 5.75 Å². The van der Waals surface area contributed by atoms with Crippen LogP contribution in [0.3, 0.4) is 0 Å². The molecule has 0 aliphatic carbocycles. The van der Waals surface area contributed by atoms with E-state index in [4.69, 9.17) is 9.15 Å². The third-order valence-corrected chi connectivity index (χ3v) is 6.29. The molecule has 2 aromatic carbocycles. The molecule has 0 fully saturated rings. The molecule has 0 aliphatic heterocycles. The quantitative estimate of drug-likeness (QED) is 0.0495. The highest BCUT2D eigenvalue weighted by Gasteiger charge is 2.52. The zero-order valence-electron chi connectivity index (χ0n) is 24.1. The van der Waals surface area contributed by atoms with Crippen molar-refractivity contribution in [1.82, 2.24) is 0 Å². The fraction of sp³-hybridized carbons (Fsp3) is 0.452. The van der Waals surface area contributed by atoms with Crippen LogP contribution < -0.4 is 4.74 Å². The number of alkyl halides is 6. The Morgan fingerprint density at radius 1 is 0.907 bits per heavy atom. The van der Waals surface area contributed by atoms with Crippen LogP contribution in [-0.2, 0) is 25.4 Å². The number of hydrogen-bond donors (Lipinski definition) is 0. The van der Waals surface area contributed by atoms with Crippen LogP contribution in [0, 0.1) is 6.92 Å². The van der Waals surface area contributed by atoms with Gasteiger partial charge in [-0.2, -0.15) is 17.6 Å². The van der Waals surface area contributed by atoms with Crippen LogP contribution in [0.25, 0.3) is 22.3 Å². The number of hydrogen-bond acceptors (Lipinski definition) is 6. The molecule has 0 unspecified atom stereocenters. The van der Waals surface area contributed by atoms with Crippen LogP contribution in [0.1, 0.15) is 57.1 Å². The van der Waals surface area contributed by atoms with Gasteiger partial charge in [0.25, 0.3) is 0 Å². The van der Waals surface area contributed by atoms with Crippen LogP contribution in [-0.4, -0.2) is 37.7 Å². The largest absolute Gasteiger partial charge is 0.494 e. The molecule has 3 aromatic rings. The summed E-state index contributed by atoms with van der Waals surface area (Å²) >= 11 is 0. The van der Waals surface area contributed by atoms with E-state index >= 15 is 0 Å². The highest BCUT2D eigenvalue weighted by molar-refractivity contribution is 5.87. The number of aryl methyl sites for hydroxylation is 2. The molecule has 1 aromatic heterocycles. The molecule has 0 amide bonds. The average molecular weight is 617 g/mol. The standard InChI is InChI=1S/C31H34F6O6/c1-5-6-7-8-22-9-12-25(21(4)17-22)27-18-23-10-11-24(19-26(23)41-27)39-15-13-29(32,33)42-31(36,37)43-30(34,35)14-16-40-28(38)20(2)3/h9-12,17-19H,2,5-8,13-16H2,1,3-4H3. The lowest BCUT2D eigenvalue weighted by Crippen LogP contribution is -2.41. The molecular weight excluding hydrogens is 582 g/mol. The second kappa shape index (κ2) is 14.3. The van der Waals surface area contributed by atoms with Gasteiger partial charge in [-0.05, 0) is 56.0 Å². The van der Waals surface area contributed by atoms with Crippen LogP contribution in [0.4, 0.5) is 26.3 Å². The number of esters is 1. The highest BCUT2D eigenvalue weighted by atomic mass is 19.3. The molecule has 12 heteroatoms. The fourth-order valence-electron chi connectivity index (χ4n) is 4.11. The van der Waals surface area contributed by atoms with Gasteiger partial charge in [0.05, 0.1) is 26.1 Å². The number of rotatable bonds is 17. The zero-order valence-corrected chi connectivity index (χ0v) is 24.1.